The van der Waals surface area contributed by atoms with Crippen LogP contribution in [-0.2, 0) is 9.53 Å². The molecule has 0 spiro atoms. The molecular formula is C18H20Cl3IO2. The molecule has 0 amide bonds. The van der Waals surface area contributed by atoms with Gasteiger partial charge in [0.1, 0.15) is 5.60 Å². The first-order chi connectivity index (χ1) is 11.0. The normalized spacial score (nSPS) is 24.6. The Balaban J connectivity index is 2.50. The fourth-order valence-corrected chi connectivity index (χ4v) is 4.35. The molecule has 0 heterocycles. The lowest BCUT2D eigenvalue weighted by Crippen LogP contribution is -2.41. The molecule has 132 valence electrons. The molecule has 2 atom stereocenters. The first kappa shape index (κ1) is 20.3. The lowest BCUT2D eigenvalue weighted by molar-refractivity contribution is -0.166. The van der Waals surface area contributed by atoms with Crippen molar-refractivity contribution in [1.82, 2.24) is 0 Å². The molecule has 0 bridgehead atoms. The highest BCUT2D eigenvalue weighted by atomic mass is 127. The molecule has 1 aliphatic carbocycles. The maximum atomic E-state index is 13.1. The molecule has 6 heteroatoms. The third-order valence-electron chi connectivity index (χ3n) is 4.04. The first-order valence-electron chi connectivity index (χ1n) is 7.62. The molecule has 0 aromatic heterocycles. The van der Waals surface area contributed by atoms with Gasteiger partial charge in [0.25, 0.3) is 0 Å². The number of carbonyl (C=O) groups excluding carboxylic acids is 1. The van der Waals surface area contributed by atoms with Crippen molar-refractivity contribution in [2.45, 2.75) is 42.5 Å². The van der Waals surface area contributed by atoms with Gasteiger partial charge in [0, 0.05) is 10.3 Å². The largest absolute Gasteiger partial charge is 0.459 e. The van der Waals surface area contributed by atoms with Crippen LogP contribution in [0.2, 0.25) is 0 Å². The predicted octanol–water partition coefficient (Wildman–Crippen LogP) is 6.23. The number of alkyl halides is 4. The number of allylic oxidation sites excluding steroid dienone is 2. The minimum Gasteiger partial charge on any atom is -0.459 e. The minimum atomic E-state index is -1.53. The number of ether oxygens (including phenoxy) is 1. The average Bonchev–Trinajstić information content (AvgIpc) is 2.87. The van der Waals surface area contributed by atoms with Gasteiger partial charge in [0.2, 0.25) is 3.79 Å². The molecule has 0 saturated heterocycles. The molecule has 1 aromatic rings. The van der Waals surface area contributed by atoms with E-state index in [1.807, 2.05) is 57.2 Å². The Hall–Kier alpha value is 0.0300. The number of rotatable bonds is 3. The molecule has 0 saturated carbocycles. The number of benzene rings is 1. The molecule has 1 aliphatic rings. The van der Waals surface area contributed by atoms with Crippen LogP contribution < -0.4 is 0 Å². The molecule has 1 aromatic carbocycles. The van der Waals surface area contributed by atoms with Crippen LogP contribution in [0, 0.1) is 5.41 Å². The number of hydrogen-bond donors (Lipinski definition) is 0. The maximum Gasteiger partial charge on any atom is 0.314 e. The Bertz CT molecular complexity index is 632. The second kappa shape index (κ2) is 7.34. The monoisotopic (exact) mass is 500 g/mol. The van der Waals surface area contributed by atoms with Crippen molar-refractivity contribution < 1.29 is 9.53 Å². The Kier molecular flexibility index (Phi) is 6.22. The minimum absolute atomic E-state index is 0.184. The van der Waals surface area contributed by atoms with Crippen LogP contribution in [0.3, 0.4) is 0 Å². The molecule has 0 N–H and O–H groups in total. The van der Waals surface area contributed by atoms with Gasteiger partial charge in [-0.3, -0.25) is 4.79 Å². The van der Waals surface area contributed by atoms with E-state index >= 15 is 0 Å². The Morgan fingerprint density at radius 3 is 2.29 bits per heavy atom. The van der Waals surface area contributed by atoms with Gasteiger partial charge in [-0.25, -0.2) is 0 Å². The summed E-state index contributed by atoms with van der Waals surface area (Å²) in [6.07, 6.45) is 2.30. The van der Waals surface area contributed by atoms with Crippen LogP contribution in [0.1, 0.15) is 38.7 Å². The highest BCUT2D eigenvalue weighted by Gasteiger charge is 2.53. The van der Waals surface area contributed by atoms with Crippen LogP contribution in [0.15, 0.2) is 42.0 Å². The molecule has 0 aliphatic heterocycles. The number of hydrogen-bond acceptors (Lipinski definition) is 2. The average molecular weight is 502 g/mol. The van der Waals surface area contributed by atoms with Crippen LogP contribution in [0.5, 0.6) is 0 Å². The summed E-state index contributed by atoms with van der Waals surface area (Å²) in [7, 11) is 0. The number of esters is 1. The van der Waals surface area contributed by atoms with Crippen molar-refractivity contribution >= 4 is 63.4 Å². The van der Waals surface area contributed by atoms with Gasteiger partial charge < -0.3 is 4.74 Å². The highest BCUT2D eigenvalue weighted by molar-refractivity contribution is 14.1. The molecule has 2 rings (SSSR count). The van der Waals surface area contributed by atoms with Crippen molar-refractivity contribution in [2.24, 2.45) is 5.41 Å². The van der Waals surface area contributed by atoms with Gasteiger partial charge in [-0.1, -0.05) is 93.8 Å². The quantitative estimate of drug-likeness (QED) is 0.212. The number of halogens is 4. The standard InChI is InChI=1S/C18H20Cl3IO2/c1-16(2,3)24-15(23)17(11-22)10-13(18(19,20)21)9-14(17)12-7-5-4-6-8-12/h4-9,14H,10-11H2,1-3H3/t14-,17-/m0/s1. The Labute approximate surface area is 172 Å². The number of carbonyl (C=O) groups is 1. The van der Waals surface area contributed by atoms with Crippen LogP contribution >= 0.6 is 57.4 Å². The van der Waals surface area contributed by atoms with Gasteiger partial charge in [-0.2, -0.15) is 0 Å². The van der Waals surface area contributed by atoms with E-state index in [1.165, 1.54) is 0 Å². The topological polar surface area (TPSA) is 26.3 Å². The molecule has 24 heavy (non-hydrogen) atoms. The molecular weight excluding hydrogens is 481 g/mol. The smallest absolute Gasteiger partial charge is 0.314 e. The third kappa shape index (κ3) is 4.40. The summed E-state index contributed by atoms with van der Waals surface area (Å²) in [4.78, 5) is 13.1. The van der Waals surface area contributed by atoms with Crippen molar-refractivity contribution in [3.8, 4) is 0 Å². The summed E-state index contributed by atoms with van der Waals surface area (Å²) in [6.45, 7) is 5.59. The van der Waals surface area contributed by atoms with Gasteiger partial charge in [-0.15, -0.1) is 0 Å². The summed E-state index contributed by atoms with van der Waals surface area (Å²) < 4.78 is 4.77. The van der Waals surface area contributed by atoms with E-state index in [1.54, 1.807) is 0 Å². The highest BCUT2D eigenvalue weighted by Crippen LogP contribution is 2.55. The summed E-state index contributed by atoms with van der Waals surface area (Å²) in [6, 6.07) is 9.83. The van der Waals surface area contributed by atoms with Crippen LogP contribution in [0.4, 0.5) is 0 Å². The summed E-state index contributed by atoms with van der Waals surface area (Å²) in [5, 5.41) is 0. The van der Waals surface area contributed by atoms with Crippen LogP contribution in [-0.4, -0.2) is 19.8 Å². The van der Waals surface area contributed by atoms with Gasteiger partial charge in [-0.05, 0) is 38.3 Å². The third-order valence-corrected chi connectivity index (χ3v) is 6.13. The fraction of sp³-hybridized carbons (Fsp3) is 0.500. The van der Waals surface area contributed by atoms with Crippen LogP contribution in [0.25, 0.3) is 0 Å². The summed E-state index contributed by atoms with van der Waals surface area (Å²) in [5.74, 6) is -0.435. The van der Waals surface area contributed by atoms with E-state index in [-0.39, 0.29) is 11.9 Å². The van der Waals surface area contributed by atoms with Gasteiger partial charge in [0.05, 0.1) is 5.41 Å². The zero-order chi connectivity index (χ0) is 18.2. The predicted molar refractivity (Wildman–Crippen MR) is 109 cm³/mol. The fourth-order valence-electron chi connectivity index (χ4n) is 2.90. The van der Waals surface area contributed by atoms with Crippen molar-refractivity contribution in [2.75, 3.05) is 4.43 Å². The second-order valence-electron chi connectivity index (χ2n) is 7.05. The second-order valence-corrected chi connectivity index (χ2v) is 10.1. The van der Waals surface area contributed by atoms with Crippen molar-refractivity contribution in [1.29, 1.82) is 0 Å². The lowest BCUT2D eigenvalue weighted by Gasteiger charge is -2.35. The SMILES string of the molecule is CC(C)(C)OC(=O)[C@]1(CI)CC(C(Cl)(Cl)Cl)=C[C@H]1c1ccccc1. The zero-order valence-electron chi connectivity index (χ0n) is 13.8. The zero-order valence-corrected chi connectivity index (χ0v) is 18.2. The van der Waals surface area contributed by atoms with Gasteiger partial charge >= 0.3 is 5.97 Å². The van der Waals surface area contributed by atoms with E-state index in [0.29, 0.717) is 16.4 Å². The first-order valence-corrected chi connectivity index (χ1v) is 10.3. The van der Waals surface area contributed by atoms with E-state index < -0.39 is 14.8 Å². The Morgan fingerprint density at radius 1 is 1.25 bits per heavy atom. The van der Waals surface area contributed by atoms with E-state index in [4.69, 9.17) is 39.5 Å². The van der Waals surface area contributed by atoms with Crippen molar-refractivity contribution in [3.63, 3.8) is 0 Å². The summed E-state index contributed by atoms with van der Waals surface area (Å²) >= 11 is 20.6. The van der Waals surface area contributed by atoms with E-state index in [2.05, 4.69) is 22.6 Å². The molecule has 0 unspecified atom stereocenters. The Morgan fingerprint density at radius 2 is 1.83 bits per heavy atom. The van der Waals surface area contributed by atoms with Gasteiger partial charge in [0.15, 0.2) is 0 Å². The molecule has 0 radical (unpaired) electrons. The van der Waals surface area contributed by atoms with E-state index in [9.17, 15) is 4.79 Å². The van der Waals surface area contributed by atoms with Crippen molar-refractivity contribution in [3.05, 3.63) is 47.5 Å². The maximum absolute atomic E-state index is 13.1. The summed E-state index contributed by atoms with van der Waals surface area (Å²) in [5.41, 5.74) is 0.321. The molecule has 0 fully saturated rings. The van der Waals surface area contributed by atoms with E-state index in [0.717, 1.165) is 5.56 Å². The lowest BCUT2D eigenvalue weighted by atomic mass is 9.75. The molecule has 2 nitrogen and oxygen atoms in total.